The third-order valence-electron chi connectivity index (χ3n) is 5.61. The maximum Gasteiger partial charge on any atom is 0.293 e. The lowest BCUT2D eigenvalue weighted by Gasteiger charge is -2.14. The molecule has 2 aliphatic heterocycles. The van der Waals surface area contributed by atoms with Gasteiger partial charge >= 0.3 is 0 Å². The normalized spacial score (nSPS) is 16.3. The summed E-state index contributed by atoms with van der Waals surface area (Å²) >= 11 is 19.6. The summed E-state index contributed by atoms with van der Waals surface area (Å²) in [5.41, 5.74) is 4.07. The summed E-state index contributed by atoms with van der Waals surface area (Å²) in [6.45, 7) is 4.04. The molecule has 34 heavy (non-hydrogen) atoms. The van der Waals surface area contributed by atoms with E-state index in [9.17, 15) is 9.59 Å². The number of ether oxygens (including phenoxy) is 2. The van der Waals surface area contributed by atoms with Gasteiger partial charge in [0.15, 0.2) is 11.5 Å². The Morgan fingerprint density at radius 3 is 2.35 bits per heavy atom. The first-order chi connectivity index (χ1) is 16.2. The number of carbonyl (C=O) groups excluding carboxylic acids is 2. The minimum atomic E-state index is -0.376. The Morgan fingerprint density at radius 1 is 0.971 bits per heavy atom. The van der Waals surface area contributed by atoms with Crippen molar-refractivity contribution < 1.29 is 19.1 Å². The van der Waals surface area contributed by atoms with Crippen molar-refractivity contribution in [3.63, 3.8) is 0 Å². The lowest BCUT2D eigenvalue weighted by atomic mass is 10.2. The number of rotatable bonds is 4. The fourth-order valence-electron chi connectivity index (χ4n) is 4.03. The highest BCUT2D eigenvalue weighted by molar-refractivity contribution is 8.18. The Morgan fingerprint density at radius 2 is 1.65 bits per heavy atom. The molecule has 2 aliphatic rings. The second-order valence-corrected chi connectivity index (χ2v) is 10.1. The SMILES string of the molecule is Cc1cc(/C=C2\SC(=O)N(Cc3cc4c(cc3Cl)OCO4)C2=O)c(C)n1-c1cc(Cl)cc(Cl)c1. The zero-order chi connectivity index (χ0) is 24.1. The smallest absolute Gasteiger partial charge is 0.293 e. The molecule has 1 aromatic heterocycles. The third-order valence-corrected chi connectivity index (χ3v) is 7.30. The quantitative estimate of drug-likeness (QED) is 0.336. The molecule has 0 saturated carbocycles. The molecule has 174 valence electrons. The number of benzene rings is 2. The van der Waals surface area contributed by atoms with E-state index in [4.69, 9.17) is 44.3 Å². The molecular formula is C24H17Cl3N2O4S. The van der Waals surface area contributed by atoms with Crippen LogP contribution in [0.15, 0.2) is 41.3 Å². The van der Waals surface area contributed by atoms with Gasteiger partial charge in [0.25, 0.3) is 11.1 Å². The summed E-state index contributed by atoms with van der Waals surface area (Å²) in [4.78, 5) is 27.3. The maximum absolute atomic E-state index is 13.1. The Labute approximate surface area is 215 Å². The van der Waals surface area contributed by atoms with Gasteiger partial charge in [0.05, 0.1) is 11.4 Å². The molecule has 0 spiro atoms. The third kappa shape index (κ3) is 4.18. The molecule has 3 heterocycles. The lowest BCUT2D eigenvalue weighted by Crippen LogP contribution is -2.27. The van der Waals surface area contributed by atoms with E-state index in [1.165, 1.54) is 4.90 Å². The van der Waals surface area contributed by atoms with Gasteiger partial charge in [0.1, 0.15) is 0 Å². The molecule has 0 N–H and O–H groups in total. The van der Waals surface area contributed by atoms with Crippen molar-refractivity contribution in [3.8, 4) is 17.2 Å². The molecule has 0 radical (unpaired) electrons. The van der Waals surface area contributed by atoms with Crippen LogP contribution in [0.1, 0.15) is 22.5 Å². The van der Waals surface area contributed by atoms with Gasteiger partial charge in [0, 0.05) is 38.2 Å². The van der Waals surface area contributed by atoms with Gasteiger partial charge in [0.2, 0.25) is 6.79 Å². The van der Waals surface area contributed by atoms with E-state index in [-0.39, 0.29) is 24.5 Å². The van der Waals surface area contributed by atoms with Crippen LogP contribution in [-0.4, -0.2) is 27.4 Å². The van der Waals surface area contributed by atoms with Gasteiger partial charge in [-0.3, -0.25) is 14.5 Å². The van der Waals surface area contributed by atoms with Crippen LogP contribution in [0.4, 0.5) is 4.79 Å². The monoisotopic (exact) mass is 534 g/mol. The Hall–Kier alpha value is -2.58. The molecule has 3 aromatic rings. The summed E-state index contributed by atoms with van der Waals surface area (Å²) < 4.78 is 12.7. The zero-order valence-corrected chi connectivity index (χ0v) is 21.1. The van der Waals surface area contributed by atoms with Gasteiger partial charge in [-0.25, -0.2) is 0 Å². The molecule has 0 unspecified atom stereocenters. The zero-order valence-electron chi connectivity index (χ0n) is 18.0. The molecule has 1 saturated heterocycles. The molecule has 2 aromatic carbocycles. The number of hydrogen-bond donors (Lipinski definition) is 0. The van der Waals surface area contributed by atoms with Crippen LogP contribution >= 0.6 is 46.6 Å². The van der Waals surface area contributed by atoms with E-state index >= 15 is 0 Å². The average Bonchev–Trinajstić information content (AvgIpc) is 3.40. The minimum absolute atomic E-state index is 0.0392. The predicted octanol–water partition coefficient (Wildman–Crippen LogP) is 7.02. The molecule has 6 nitrogen and oxygen atoms in total. The second kappa shape index (κ2) is 8.89. The predicted molar refractivity (Wildman–Crippen MR) is 134 cm³/mol. The number of fused-ring (bicyclic) bond motifs is 1. The fourth-order valence-corrected chi connectivity index (χ4v) is 5.58. The average molecular weight is 536 g/mol. The van der Waals surface area contributed by atoms with Crippen molar-refractivity contribution in [2.45, 2.75) is 20.4 Å². The van der Waals surface area contributed by atoms with Crippen molar-refractivity contribution in [3.05, 3.63) is 78.9 Å². The highest BCUT2D eigenvalue weighted by atomic mass is 35.5. The molecule has 0 bridgehead atoms. The number of amides is 2. The molecular weight excluding hydrogens is 519 g/mol. The summed E-state index contributed by atoms with van der Waals surface area (Å²) in [5.74, 6) is 0.703. The van der Waals surface area contributed by atoms with Gasteiger partial charge in [-0.1, -0.05) is 34.8 Å². The van der Waals surface area contributed by atoms with Crippen molar-refractivity contribution in [1.82, 2.24) is 9.47 Å². The van der Waals surface area contributed by atoms with Gasteiger partial charge in [-0.15, -0.1) is 0 Å². The Kier molecular flexibility index (Phi) is 6.06. The van der Waals surface area contributed by atoms with Crippen molar-refractivity contribution in [2.24, 2.45) is 0 Å². The summed E-state index contributed by atoms with van der Waals surface area (Å²) in [6, 6.07) is 10.6. The number of hydrogen-bond acceptors (Lipinski definition) is 5. The minimum Gasteiger partial charge on any atom is -0.454 e. The molecule has 5 rings (SSSR count). The van der Waals surface area contributed by atoms with E-state index in [2.05, 4.69) is 0 Å². The first kappa shape index (κ1) is 23.2. The molecule has 10 heteroatoms. The number of carbonyl (C=O) groups is 2. The summed E-state index contributed by atoms with van der Waals surface area (Å²) in [5, 5.41) is 1.09. The number of thioether (sulfide) groups is 1. The summed E-state index contributed by atoms with van der Waals surface area (Å²) in [7, 11) is 0. The molecule has 0 atom stereocenters. The number of aryl methyl sites for hydroxylation is 1. The molecule has 0 aliphatic carbocycles. The number of imide groups is 1. The van der Waals surface area contributed by atoms with Crippen molar-refractivity contribution in [2.75, 3.05) is 6.79 Å². The van der Waals surface area contributed by atoms with Crippen LogP contribution in [0.25, 0.3) is 11.8 Å². The second-order valence-electron chi connectivity index (χ2n) is 7.85. The molecule has 2 amide bonds. The highest BCUT2D eigenvalue weighted by Gasteiger charge is 2.36. The van der Waals surface area contributed by atoms with E-state index in [1.807, 2.05) is 36.6 Å². The standard InChI is InChI=1S/C24H17Cl3N2O4S/c1-12-3-14(13(2)29(12)18-7-16(25)6-17(26)8-18)5-22-23(30)28(24(31)34-22)10-15-4-20-21(9-19(15)27)33-11-32-20/h3-9H,10-11H2,1-2H3/b22-5-. The Bertz CT molecular complexity index is 1380. The number of halogens is 3. The lowest BCUT2D eigenvalue weighted by molar-refractivity contribution is -0.123. The van der Waals surface area contributed by atoms with E-state index in [0.717, 1.165) is 34.4 Å². The van der Waals surface area contributed by atoms with E-state index in [0.29, 0.717) is 37.0 Å². The van der Waals surface area contributed by atoms with Crippen LogP contribution in [0.2, 0.25) is 15.1 Å². The number of nitrogens with zero attached hydrogens (tertiary/aromatic N) is 2. The largest absolute Gasteiger partial charge is 0.454 e. The van der Waals surface area contributed by atoms with Crippen LogP contribution in [-0.2, 0) is 11.3 Å². The van der Waals surface area contributed by atoms with E-state index in [1.54, 1.807) is 24.3 Å². The van der Waals surface area contributed by atoms with Crippen LogP contribution < -0.4 is 9.47 Å². The van der Waals surface area contributed by atoms with Gasteiger partial charge in [-0.2, -0.15) is 0 Å². The van der Waals surface area contributed by atoms with E-state index < -0.39 is 0 Å². The fraction of sp³-hybridized carbons (Fsp3) is 0.167. The first-order valence-electron chi connectivity index (χ1n) is 10.2. The maximum atomic E-state index is 13.1. The number of aromatic nitrogens is 1. The topological polar surface area (TPSA) is 60.8 Å². The van der Waals surface area contributed by atoms with Crippen molar-refractivity contribution in [1.29, 1.82) is 0 Å². The van der Waals surface area contributed by atoms with Crippen LogP contribution in [0.5, 0.6) is 11.5 Å². The summed E-state index contributed by atoms with van der Waals surface area (Å²) in [6.07, 6.45) is 1.73. The van der Waals surface area contributed by atoms with Gasteiger partial charge < -0.3 is 14.0 Å². The Balaban J connectivity index is 1.44. The van der Waals surface area contributed by atoms with Gasteiger partial charge in [-0.05, 0) is 73.1 Å². The van der Waals surface area contributed by atoms with Crippen molar-refractivity contribution >= 4 is 63.8 Å². The van der Waals surface area contributed by atoms with Crippen LogP contribution in [0, 0.1) is 13.8 Å². The highest BCUT2D eigenvalue weighted by Crippen LogP contribution is 2.40. The first-order valence-corrected chi connectivity index (χ1v) is 12.1. The molecule has 1 fully saturated rings. The van der Waals surface area contributed by atoms with Crippen LogP contribution in [0.3, 0.4) is 0 Å².